The number of hydrogen-bond acceptors (Lipinski definition) is 3. The Morgan fingerprint density at radius 2 is 1.69 bits per heavy atom. The van der Waals surface area contributed by atoms with E-state index in [4.69, 9.17) is 11.6 Å². The fourth-order valence-electron chi connectivity index (χ4n) is 1.28. The summed E-state index contributed by atoms with van der Waals surface area (Å²) < 4.78 is 0. The average molecular weight is 233 g/mol. The number of hydrogen-bond donors (Lipinski definition) is 0. The lowest BCUT2D eigenvalue weighted by Crippen LogP contribution is -1.94. The van der Waals surface area contributed by atoms with Crippen molar-refractivity contribution < 1.29 is 4.79 Å². The molecule has 1 aromatic heterocycles. The summed E-state index contributed by atoms with van der Waals surface area (Å²) in [4.78, 5) is 19.0. The first kappa shape index (κ1) is 10.8. The molecule has 0 atom stereocenters. The molecule has 0 unspecified atom stereocenters. The maximum atomic E-state index is 10.8. The summed E-state index contributed by atoms with van der Waals surface area (Å²) in [5.41, 5.74) is 2.40. The van der Waals surface area contributed by atoms with Crippen LogP contribution >= 0.6 is 11.6 Å². The third-order valence-corrected chi connectivity index (χ3v) is 2.41. The quantitative estimate of drug-likeness (QED) is 0.748. The largest absolute Gasteiger partial charge is 0.275 e. The standard InChI is InChI=1S/C12H9ClN2O/c1-8-2-4-9(5-3-8)12-14-6-10(7-15-12)11(13)16/h2-7H,1H3. The minimum Gasteiger partial charge on any atom is -0.275 e. The summed E-state index contributed by atoms with van der Waals surface area (Å²) in [6.45, 7) is 2.01. The molecule has 16 heavy (non-hydrogen) atoms. The van der Waals surface area contributed by atoms with Crippen LogP contribution < -0.4 is 0 Å². The minimum atomic E-state index is -0.546. The topological polar surface area (TPSA) is 42.9 Å². The summed E-state index contributed by atoms with van der Waals surface area (Å²) in [5, 5.41) is -0.546. The number of carbonyl (C=O) groups excluding carboxylic acids is 1. The zero-order valence-corrected chi connectivity index (χ0v) is 9.40. The van der Waals surface area contributed by atoms with Crippen molar-refractivity contribution in [3.63, 3.8) is 0 Å². The highest BCUT2D eigenvalue weighted by Gasteiger charge is 2.04. The lowest BCUT2D eigenvalue weighted by molar-refractivity contribution is 0.108. The van der Waals surface area contributed by atoms with Crippen molar-refractivity contribution in [3.8, 4) is 11.4 Å². The van der Waals surface area contributed by atoms with E-state index in [0.717, 1.165) is 5.56 Å². The molecule has 0 bridgehead atoms. The van der Waals surface area contributed by atoms with Gasteiger partial charge in [-0.3, -0.25) is 4.79 Å². The molecular formula is C12H9ClN2O. The van der Waals surface area contributed by atoms with E-state index >= 15 is 0 Å². The molecule has 0 aliphatic carbocycles. The third kappa shape index (κ3) is 2.25. The number of halogens is 1. The summed E-state index contributed by atoms with van der Waals surface area (Å²) >= 11 is 5.30. The molecule has 3 nitrogen and oxygen atoms in total. The van der Waals surface area contributed by atoms with Crippen molar-refractivity contribution in [3.05, 3.63) is 47.8 Å². The predicted octanol–water partition coefficient (Wildman–Crippen LogP) is 2.83. The summed E-state index contributed by atoms with van der Waals surface area (Å²) in [6.07, 6.45) is 2.86. The minimum absolute atomic E-state index is 0.303. The maximum Gasteiger partial charge on any atom is 0.255 e. The predicted molar refractivity (Wildman–Crippen MR) is 62.4 cm³/mol. The summed E-state index contributed by atoms with van der Waals surface area (Å²) in [6, 6.07) is 7.85. The zero-order chi connectivity index (χ0) is 11.5. The van der Waals surface area contributed by atoms with E-state index in [1.165, 1.54) is 18.0 Å². The van der Waals surface area contributed by atoms with Crippen LogP contribution in [0.25, 0.3) is 11.4 Å². The van der Waals surface area contributed by atoms with Crippen molar-refractivity contribution in [2.75, 3.05) is 0 Å². The van der Waals surface area contributed by atoms with E-state index in [2.05, 4.69) is 9.97 Å². The maximum absolute atomic E-state index is 10.8. The van der Waals surface area contributed by atoms with Crippen LogP contribution in [0, 0.1) is 6.92 Å². The van der Waals surface area contributed by atoms with Gasteiger partial charge in [0.25, 0.3) is 5.24 Å². The highest BCUT2D eigenvalue weighted by Crippen LogP contribution is 2.15. The SMILES string of the molecule is Cc1ccc(-c2ncc(C(=O)Cl)cn2)cc1. The van der Waals surface area contributed by atoms with Gasteiger partial charge < -0.3 is 0 Å². The van der Waals surface area contributed by atoms with E-state index in [-0.39, 0.29) is 0 Å². The molecule has 4 heteroatoms. The second kappa shape index (κ2) is 4.41. The van der Waals surface area contributed by atoms with Crippen LogP contribution in [0.15, 0.2) is 36.7 Å². The molecule has 0 fully saturated rings. The van der Waals surface area contributed by atoms with Gasteiger partial charge in [0.1, 0.15) is 0 Å². The van der Waals surface area contributed by atoms with Gasteiger partial charge in [-0.1, -0.05) is 29.8 Å². The van der Waals surface area contributed by atoms with Gasteiger partial charge in [0, 0.05) is 18.0 Å². The van der Waals surface area contributed by atoms with Crippen molar-refractivity contribution >= 4 is 16.8 Å². The van der Waals surface area contributed by atoms with Gasteiger partial charge in [0.2, 0.25) is 0 Å². The van der Waals surface area contributed by atoms with Gasteiger partial charge >= 0.3 is 0 Å². The van der Waals surface area contributed by atoms with E-state index in [0.29, 0.717) is 11.4 Å². The summed E-state index contributed by atoms with van der Waals surface area (Å²) in [7, 11) is 0. The van der Waals surface area contributed by atoms with Crippen LogP contribution in [-0.4, -0.2) is 15.2 Å². The Morgan fingerprint density at radius 1 is 1.12 bits per heavy atom. The molecule has 0 saturated heterocycles. The fourth-order valence-corrected chi connectivity index (χ4v) is 1.38. The Morgan fingerprint density at radius 3 is 2.19 bits per heavy atom. The number of carbonyl (C=O) groups is 1. The van der Waals surface area contributed by atoms with Crippen LogP contribution in [0.4, 0.5) is 0 Å². The highest BCUT2D eigenvalue weighted by atomic mass is 35.5. The molecule has 0 N–H and O–H groups in total. The van der Waals surface area contributed by atoms with Gasteiger partial charge in [-0.2, -0.15) is 0 Å². The Kier molecular flexibility index (Phi) is 2.97. The zero-order valence-electron chi connectivity index (χ0n) is 8.64. The smallest absolute Gasteiger partial charge is 0.255 e. The Labute approximate surface area is 98.1 Å². The van der Waals surface area contributed by atoms with Crippen LogP contribution in [-0.2, 0) is 0 Å². The molecule has 1 heterocycles. The van der Waals surface area contributed by atoms with Crippen molar-refractivity contribution in [2.45, 2.75) is 6.92 Å². The number of aryl methyl sites for hydroxylation is 1. The molecular weight excluding hydrogens is 224 g/mol. The van der Waals surface area contributed by atoms with Crippen LogP contribution in [0.2, 0.25) is 0 Å². The van der Waals surface area contributed by atoms with Crippen LogP contribution in [0.1, 0.15) is 15.9 Å². The molecule has 0 spiro atoms. The van der Waals surface area contributed by atoms with E-state index in [1.807, 2.05) is 31.2 Å². The highest BCUT2D eigenvalue weighted by molar-refractivity contribution is 6.67. The monoisotopic (exact) mass is 232 g/mol. The van der Waals surface area contributed by atoms with Gasteiger partial charge in [-0.25, -0.2) is 9.97 Å². The van der Waals surface area contributed by atoms with Crippen molar-refractivity contribution in [1.82, 2.24) is 9.97 Å². The second-order valence-electron chi connectivity index (χ2n) is 3.44. The Balaban J connectivity index is 2.34. The van der Waals surface area contributed by atoms with E-state index < -0.39 is 5.24 Å². The lowest BCUT2D eigenvalue weighted by Gasteiger charge is -2.00. The van der Waals surface area contributed by atoms with Crippen LogP contribution in [0.5, 0.6) is 0 Å². The number of benzene rings is 1. The molecule has 0 saturated carbocycles. The van der Waals surface area contributed by atoms with Crippen LogP contribution in [0.3, 0.4) is 0 Å². The molecule has 0 radical (unpaired) electrons. The average Bonchev–Trinajstić information content (AvgIpc) is 2.30. The normalized spacial score (nSPS) is 10.1. The fraction of sp³-hybridized carbons (Fsp3) is 0.0833. The van der Waals surface area contributed by atoms with Gasteiger partial charge in [0.15, 0.2) is 5.82 Å². The van der Waals surface area contributed by atoms with E-state index in [1.54, 1.807) is 0 Å². The van der Waals surface area contributed by atoms with Crippen molar-refractivity contribution in [2.24, 2.45) is 0 Å². The first-order valence-corrected chi connectivity index (χ1v) is 5.13. The van der Waals surface area contributed by atoms with E-state index in [9.17, 15) is 4.79 Å². The molecule has 0 amide bonds. The van der Waals surface area contributed by atoms with Gasteiger partial charge in [0.05, 0.1) is 5.56 Å². The lowest BCUT2D eigenvalue weighted by atomic mass is 10.1. The van der Waals surface area contributed by atoms with Gasteiger partial charge in [-0.15, -0.1) is 0 Å². The molecule has 2 aromatic rings. The van der Waals surface area contributed by atoms with Crippen molar-refractivity contribution in [1.29, 1.82) is 0 Å². The third-order valence-electron chi connectivity index (χ3n) is 2.19. The molecule has 1 aromatic carbocycles. The first-order chi connectivity index (χ1) is 7.66. The Bertz CT molecular complexity index is 506. The number of aromatic nitrogens is 2. The second-order valence-corrected chi connectivity index (χ2v) is 3.78. The number of rotatable bonds is 2. The van der Waals surface area contributed by atoms with Gasteiger partial charge in [-0.05, 0) is 18.5 Å². The molecule has 2 rings (SSSR count). The molecule has 80 valence electrons. The Hall–Kier alpha value is -1.74. The number of nitrogens with zero attached hydrogens (tertiary/aromatic N) is 2. The summed E-state index contributed by atoms with van der Waals surface area (Å²) in [5.74, 6) is 0.585. The first-order valence-electron chi connectivity index (χ1n) is 4.76. The molecule has 0 aliphatic heterocycles. The molecule has 0 aliphatic rings.